The Kier molecular flexibility index (Phi) is 2.77. The van der Waals surface area contributed by atoms with Gasteiger partial charge < -0.3 is 20.7 Å². The first-order valence-corrected chi connectivity index (χ1v) is 5.27. The molecule has 0 radical (unpaired) electrons. The van der Waals surface area contributed by atoms with Crippen molar-refractivity contribution in [2.45, 2.75) is 6.04 Å². The first kappa shape index (κ1) is 11.5. The lowest BCUT2D eigenvalue weighted by atomic mass is 10.1. The number of H-pyrrole nitrogens is 1. The number of aromatic amines is 1. The van der Waals surface area contributed by atoms with Crippen LogP contribution >= 0.6 is 0 Å². The molecule has 2 aromatic rings. The standard InChI is InChI=1S/C12H15N3O2/c1-15(2)7-3-4-10-8(5-7)9(6-14-10)11(13)12(16)17/h3-6,11,14H,13H2,1-2H3,(H,16,17). The van der Waals surface area contributed by atoms with Crippen LogP contribution in [-0.4, -0.2) is 30.2 Å². The number of carbonyl (C=O) groups is 1. The lowest BCUT2D eigenvalue weighted by molar-refractivity contribution is -0.138. The number of nitrogens with zero attached hydrogens (tertiary/aromatic N) is 1. The molecule has 17 heavy (non-hydrogen) atoms. The molecule has 0 saturated heterocycles. The number of anilines is 1. The Morgan fingerprint density at radius 1 is 1.47 bits per heavy atom. The molecule has 1 atom stereocenters. The van der Waals surface area contributed by atoms with Crippen LogP contribution < -0.4 is 10.6 Å². The Bertz CT molecular complexity index is 560. The van der Waals surface area contributed by atoms with Gasteiger partial charge in [-0.05, 0) is 18.2 Å². The number of carboxylic acid groups (broad SMARTS) is 1. The van der Waals surface area contributed by atoms with Crippen molar-refractivity contribution in [3.05, 3.63) is 30.0 Å². The van der Waals surface area contributed by atoms with Gasteiger partial charge in [-0.3, -0.25) is 4.79 Å². The van der Waals surface area contributed by atoms with E-state index in [0.717, 1.165) is 16.6 Å². The molecule has 0 fully saturated rings. The summed E-state index contributed by atoms with van der Waals surface area (Å²) < 4.78 is 0. The minimum Gasteiger partial charge on any atom is -0.480 e. The summed E-state index contributed by atoms with van der Waals surface area (Å²) in [5.74, 6) is -1.03. The fourth-order valence-corrected chi connectivity index (χ4v) is 1.80. The zero-order valence-electron chi connectivity index (χ0n) is 9.77. The molecule has 0 aliphatic carbocycles. The number of aliphatic carboxylic acids is 1. The van der Waals surface area contributed by atoms with E-state index < -0.39 is 12.0 Å². The molecular formula is C12H15N3O2. The van der Waals surface area contributed by atoms with Gasteiger partial charge >= 0.3 is 5.97 Å². The van der Waals surface area contributed by atoms with Crippen LogP contribution in [0.1, 0.15) is 11.6 Å². The minimum absolute atomic E-state index is 0.608. The van der Waals surface area contributed by atoms with Gasteiger partial charge in [0.25, 0.3) is 0 Å². The highest BCUT2D eigenvalue weighted by Gasteiger charge is 2.18. The highest BCUT2D eigenvalue weighted by molar-refractivity contribution is 5.91. The Hall–Kier alpha value is -2.01. The van der Waals surface area contributed by atoms with Gasteiger partial charge in [0.15, 0.2) is 0 Å². The topological polar surface area (TPSA) is 82.3 Å². The molecule has 5 heteroatoms. The molecule has 0 saturated carbocycles. The summed E-state index contributed by atoms with van der Waals surface area (Å²) in [7, 11) is 3.87. The van der Waals surface area contributed by atoms with Crippen LogP contribution in [0.15, 0.2) is 24.4 Å². The third-order valence-corrected chi connectivity index (χ3v) is 2.81. The number of benzene rings is 1. The van der Waals surface area contributed by atoms with Crippen molar-refractivity contribution in [3.63, 3.8) is 0 Å². The molecule has 90 valence electrons. The van der Waals surface area contributed by atoms with Gasteiger partial charge in [-0.2, -0.15) is 0 Å². The number of carboxylic acids is 1. The maximum Gasteiger partial charge on any atom is 0.325 e. The summed E-state index contributed by atoms with van der Waals surface area (Å²) in [6.45, 7) is 0. The monoisotopic (exact) mass is 233 g/mol. The number of hydrogen-bond donors (Lipinski definition) is 3. The van der Waals surface area contributed by atoms with Crippen LogP contribution in [0.3, 0.4) is 0 Å². The summed E-state index contributed by atoms with van der Waals surface area (Å²) in [5, 5.41) is 9.80. The number of fused-ring (bicyclic) bond motifs is 1. The smallest absolute Gasteiger partial charge is 0.325 e. The molecule has 1 unspecified atom stereocenters. The summed E-state index contributed by atoms with van der Waals surface area (Å²) in [6.07, 6.45) is 1.66. The summed E-state index contributed by atoms with van der Waals surface area (Å²) >= 11 is 0. The van der Waals surface area contributed by atoms with E-state index in [1.807, 2.05) is 37.2 Å². The molecule has 0 bridgehead atoms. The van der Waals surface area contributed by atoms with Crippen LogP contribution in [0.5, 0.6) is 0 Å². The maximum absolute atomic E-state index is 10.9. The van der Waals surface area contributed by atoms with Crippen LogP contribution in [0, 0.1) is 0 Å². The van der Waals surface area contributed by atoms with Gasteiger partial charge in [-0.25, -0.2) is 0 Å². The van der Waals surface area contributed by atoms with Crippen molar-refractivity contribution in [2.75, 3.05) is 19.0 Å². The molecule has 1 heterocycles. The highest BCUT2D eigenvalue weighted by atomic mass is 16.4. The Balaban J connectivity index is 2.57. The lowest BCUT2D eigenvalue weighted by Crippen LogP contribution is -2.20. The normalized spacial score (nSPS) is 12.6. The van der Waals surface area contributed by atoms with Crippen molar-refractivity contribution in [1.82, 2.24) is 4.98 Å². The molecule has 0 aliphatic heterocycles. The number of nitrogens with one attached hydrogen (secondary N) is 1. The predicted molar refractivity (Wildman–Crippen MR) is 67.2 cm³/mol. The molecule has 1 aromatic heterocycles. The third kappa shape index (κ3) is 1.97. The minimum atomic E-state index is -1.03. The lowest BCUT2D eigenvalue weighted by Gasteiger charge is -2.13. The highest BCUT2D eigenvalue weighted by Crippen LogP contribution is 2.26. The van der Waals surface area contributed by atoms with Crippen molar-refractivity contribution in [3.8, 4) is 0 Å². The van der Waals surface area contributed by atoms with Crippen molar-refractivity contribution in [2.24, 2.45) is 5.73 Å². The Morgan fingerprint density at radius 3 is 2.76 bits per heavy atom. The Labute approximate surface area is 98.8 Å². The average molecular weight is 233 g/mol. The van der Waals surface area contributed by atoms with Crippen LogP contribution in [0.25, 0.3) is 10.9 Å². The third-order valence-electron chi connectivity index (χ3n) is 2.81. The molecule has 0 spiro atoms. The largest absolute Gasteiger partial charge is 0.480 e. The van der Waals surface area contributed by atoms with Crippen molar-refractivity contribution < 1.29 is 9.90 Å². The molecule has 2 rings (SSSR count). The first-order chi connectivity index (χ1) is 8.00. The van der Waals surface area contributed by atoms with Crippen LogP contribution in [0.4, 0.5) is 5.69 Å². The zero-order chi connectivity index (χ0) is 12.6. The molecule has 5 nitrogen and oxygen atoms in total. The van der Waals surface area contributed by atoms with Gasteiger partial charge in [0.1, 0.15) is 6.04 Å². The fourth-order valence-electron chi connectivity index (χ4n) is 1.80. The first-order valence-electron chi connectivity index (χ1n) is 5.27. The predicted octanol–water partition coefficient (Wildman–Crippen LogP) is 1.32. The van der Waals surface area contributed by atoms with Gasteiger partial charge in [0.05, 0.1) is 0 Å². The fraction of sp³-hybridized carbons (Fsp3) is 0.250. The van der Waals surface area contributed by atoms with E-state index in [1.165, 1.54) is 0 Å². The summed E-state index contributed by atoms with van der Waals surface area (Å²) in [4.78, 5) is 15.9. The average Bonchev–Trinajstić information content (AvgIpc) is 2.70. The second-order valence-electron chi connectivity index (χ2n) is 4.18. The van der Waals surface area contributed by atoms with Gasteiger partial charge in [-0.1, -0.05) is 0 Å². The van der Waals surface area contributed by atoms with Gasteiger partial charge in [0, 0.05) is 42.4 Å². The maximum atomic E-state index is 10.9. The second-order valence-corrected chi connectivity index (χ2v) is 4.18. The quantitative estimate of drug-likeness (QED) is 0.746. The zero-order valence-corrected chi connectivity index (χ0v) is 9.77. The molecule has 4 N–H and O–H groups in total. The van der Waals surface area contributed by atoms with E-state index in [4.69, 9.17) is 10.8 Å². The van der Waals surface area contributed by atoms with E-state index in [1.54, 1.807) is 6.20 Å². The summed E-state index contributed by atoms with van der Waals surface area (Å²) in [5.41, 5.74) is 8.15. The number of hydrogen-bond acceptors (Lipinski definition) is 3. The van der Waals surface area contributed by atoms with Crippen molar-refractivity contribution in [1.29, 1.82) is 0 Å². The van der Waals surface area contributed by atoms with Gasteiger partial charge in [-0.15, -0.1) is 0 Å². The number of aromatic nitrogens is 1. The molecular weight excluding hydrogens is 218 g/mol. The molecule has 0 aliphatic rings. The van der Waals surface area contributed by atoms with E-state index in [9.17, 15) is 4.79 Å². The van der Waals surface area contributed by atoms with E-state index in [0.29, 0.717) is 5.56 Å². The van der Waals surface area contributed by atoms with E-state index >= 15 is 0 Å². The van der Waals surface area contributed by atoms with Crippen molar-refractivity contribution >= 4 is 22.6 Å². The second kappa shape index (κ2) is 4.10. The van der Waals surface area contributed by atoms with Crippen LogP contribution in [0.2, 0.25) is 0 Å². The van der Waals surface area contributed by atoms with Gasteiger partial charge in [0.2, 0.25) is 0 Å². The number of nitrogens with two attached hydrogens (primary N) is 1. The molecule has 1 aromatic carbocycles. The Morgan fingerprint density at radius 2 is 2.18 bits per heavy atom. The summed E-state index contributed by atoms with van der Waals surface area (Å²) in [6, 6.07) is 4.82. The van der Waals surface area contributed by atoms with Crippen LogP contribution in [-0.2, 0) is 4.79 Å². The van der Waals surface area contributed by atoms with E-state index in [-0.39, 0.29) is 0 Å². The van der Waals surface area contributed by atoms with E-state index in [2.05, 4.69) is 4.98 Å². The number of rotatable bonds is 3. The SMILES string of the molecule is CN(C)c1ccc2[nH]cc(C(N)C(=O)O)c2c1. The molecule has 0 amide bonds.